The molecule has 7 heteroatoms. The molecule has 0 bridgehead atoms. The summed E-state index contributed by atoms with van der Waals surface area (Å²) in [7, 11) is -3.54. The topological polar surface area (TPSA) is 74.6 Å². The Balaban J connectivity index is 4.03. The average molecular weight is 223 g/mol. The van der Waals surface area contributed by atoms with Gasteiger partial charge in [0.25, 0.3) is 0 Å². The van der Waals surface area contributed by atoms with E-state index in [0.29, 0.717) is 0 Å². The third-order valence-corrected chi connectivity index (χ3v) is 3.10. The zero-order valence-corrected chi connectivity index (χ0v) is 7.77. The highest BCUT2D eigenvalue weighted by molar-refractivity contribution is 7.91. The predicted molar refractivity (Wildman–Crippen MR) is 42.4 cm³/mol. The zero-order chi connectivity index (χ0) is 9.07. The maximum atomic E-state index is 10.8. The fourth-order valence-electron chi connectivity index (χ4n) is 0.487. The molecular formula is C4H8Cl2O4S. The van der Waals surface area contributed by atoms with Gasteiger partial charge >= 0.3 is 0 Å². The smallest absolute Gasteiger partial charge is 0.157 e. The minimum atomic E-state index is -3.54. The molecule has 2 atom stereocenters. The van der Waals surface area contributed by atoms with Gasteiger partial charge in [-0.25, -0.2) is 8.42 Å². The summed E-state index contributed by atoms with van der Waals surface area (Å²) in [5, 5.41) is 16.9. The van der Waals surface area contributed by atoms with Crippen LogP contribution < -0.4 is 0 Å². The number of halogens is 2. The first kappa shape index (κ1) is 11.4. The quantitative estimate of drug-likeness (QED) is 0.631. The van der Waals surface area contributed by atoms with Crippen molar-refractivity contribution in [3.05, 3.63) is 0 Å². The number of sulfone groups is 1. The van der Waals surface area contributed by atoms with E-state index < -0.39 is 32.5 Å². The molecule has 0 amide bonds. The standard InChI is InChI=1S/C4H8Cl2O4S/c5-3(7)1-11(9,10)2-4(6)8/h3-4,7-8H,1-2H2. The lowest BCUT2D eigenvalue weighted by Gasteiger charge is -2.04. The largest absolute Gasteiger partial charge is 0.377 e. The van der Waals surface area contributed by atoms with Crippen molar-refractivity contribution in [2.24, 2.45) is 0 Å². The van der Waals surface area contributed by atoms with E-state index in [1.54, 1.807) is 0 Å². The van der Waals surface area contributed by atoms with Crippen LogP contribution in [0.25, 0.3) is 0 Å². The highest BCUT2D eigenvalue weighted by atomic mass is 35.5. The van der Waals surface area contributed by atoms with Crippen molar-refractivity contribution in [3.63, 3.8) is 0 Å². The minimum absolute atomic E-state index is 0.599. The van der Waals surface area contributed by atoms with E-state index >= 15 is 0 Å². The number of hydrogen-bond donors (Lipinski definition) is 2. The summed E-state index contributed by atoms with van der Waals surface area (Å²) in [5.74, 6) is -1.20. The van der Waals surface area contributed by atoms with Crippen molar-refractivity contribution in [3.8, 4) is 0 Å². The fraction of sp³-hybridized carbons (Fsp3) is 1.00. The molecule has 0 aromatic heterocycles. The molecule has 2 N–H and O–H groups in total. The van der Waals surface area contributed by atoms with E-state index in [9.17, 15) is 8.42 Å². The van der Waals surface area contributed by atoms with Gasteiger partial charge in [-0.3, -0.25) is 0 Å². The summed E-state index contributed by atoms with van der Waals surface area (Å²) in [5.41, 5.74) is -2.90. The fourth-order valence-corrected chi connectivity index (χ4v) is 2.61. The van der Waals surface area contributed by atoms with Crippen LogP contribution in [0, 0.1) is 0 Å². The van der Waals surface area contributed by atoms with Crippen molar-refractivity contribution in [2.75, 3.05) is 11.5 Å². The molecule has 0 aromatic carbocycles. The van der Waals surface area contributed by atoms with Crippen molar-refractivity contribution >= 4 is 33.0 Å². The summed E-state index contributed by atoms with van der Waals surface area (Å²) in [6.45, 7) is 0. The molecule has 4 nitrogen and oxygen atoms in total. The highest BCUT2D eigenvalue weighted by Crippen LogP contribution is 2.02. The van der Waals surface area contributed by atoms with Gasteiger partial charge in [0.2, 0.25) is 0 Å². The molecule has 0 heterocycles. The maximum absolute atomic E-state index is 10.8. The van der Waals surface area contributed by atoms with E-state index in [4.69, 9.17) is 33.4 Å². The minimum Gasteiger partial charge on any atom is -0.377 e. The molecule has 0 spiro atoms. The lowest BCUT2D eigenvalue weighted by molar-refractivity contribution is 0.271. The molecular weight excluding hydrogens is 215 g/mol. The molecule has 0 aliphatic rings. The SMILES string of the molecule is O=S(=O)(CC(O)Cl)CC(O)Cl. The Hall–Kier alpha value is 0.450. The normalized spacial score (nSPS) is 17.8. The lowest BCUT2D eigenvalue weighted by Crippen LogP contribution is -2.23. The Morgan fingerprint density at radius 1 is 1.09 bits per heavy atom. The molecule has 0 saturated heterocycles. The van der Waals surface area contributed by atoms with Gasteiger partial charge in [0.15, 0.2) is 9.84 Å². The molecule has 11 heavy (non-hydrogen) atoms. The summed E-state index contributed by atoms with van der Waals surface area (Å²) in [4.78, 5) is 0. The summed E-state index contributed by atoms with van der Waals surface area (Å²) >= 11 is 9.99. The van der Waals surface area contributed by atoms with Crippen LogP contribution in [0.15, 0.2) is 0 Å². The van der Waals surface area contributed by atoms with Gasteiger partial charge in [0.05, 0.1) is 11.5 Å². The second-order valence-corrected chi connectivity index (χ2v) is 5.11. The van der Waals surface area contributed by atoms with Crippen LogP contribution in [0.3, 0.4) is 0 Å². The van der Waals surface area contributed by atoms with Gasteiger partial charge in [-0.05, 0) is 0 Å². The Morgan fingerprint density at radius 3 is 1.55 bits per heavy atom. The van der Waals surface area contributed by atoms with E-state index in [1.165, 1.54) is 0 Å². The number of alkyl halides is 2. The lowest BCUT2D eigenvalue weighted by atomic mass is 10.8. The first-order valence-corrected chi connectivity index (χ1v) is 5.37. The molecule has 0 radical (unpaired) electrons. The van der Waals surface area contributed by atoms with Gasteiger partial charge in [-0.1, -0.05) is 23.2 Å². The van der Waals surface area contributed by atoms with Gasteiger partial charge in [0, 0.05) is 0 Å². The van der Waals surface area contributed by atoms with Crippen LogP contribution in [0.1, 0.15) is 0 Å². The van der Waals surface area contributed by atoms with Crippen LogP contribution in [-0.2, 0) is 9.84 Å². The number of aliphatic hydroxyl groups is 2. The molecule has 0 fully saturated rings. The first-order valence-electron chi connectivity index (χ1n) is 2.68. The van der Waals surface area contributed by atoms with Crippen LogP contribution in [0.4, 0.5) is 0 Å². The third-order valence-electron chi connectivity index (χ3n) is 0.783. The molecule has 0 rings (SSSR count). The summed E-state index contributed by atoms with van der Waals surface area (Å²) in [6.07, 6.45) is 0. The zero-order valence-electron chi connectivity index (χ0n) is 5.44. The maximum Gasteiger partial charge on any atom is 0.157 e. The second-order valence-electron chi connectivity index (χ2n) is 1.95. The molecule has 0 aromatic rings. The van der Waals surface area contributed by atoms with Gasteiger partial charge < -0.3 is 10.2 Å². The molecule has 2 unspecified atom stereocenters. The predicted octanol–water partition coefficient (Wildman–Crippen LogP) is -0.484. The van der Waals surface area contributed by atoms with Crippen molar-refractivity contribution in [1.29, 1.82) is 0 Å². The third kappa shape index (κ3) is 6.83. The van der Waals surface area contributed by atoms with Crippen LogP contribution >= 0.6 is 23.2 Å². The molecule has 0 aliphatic heterocycles. The Morgan fingerprint density at radius 2 is 1.36 bits per heavy atom. The van der Waals surface area contributed by atoms with Crippen molar-refractivity contribution < 1.29 is 18.6 Å². The average Bonchev–Trinajstić information content (AvgIpc) is 1.53. The van der Waals surface area contributed by atoms with Crippen molar-refractivity contribution in [2.45, 2.75) is 11.1 Å². The van der Waals surface area contributed by atoms with Crippen LogP contribution in [0.5, 0.6) is 0 Å². The number of rotatable bonds is 4. The van der Waals surface area contributed by atoms with Gasteiger partial charge in [-0.2, -0.15) is 0 Å². The van der Waals surface area contributed by atoms with E-state index in [0.717, 1.165) is 0 Å². The summed E-state index contributed by atoms with van der Waals surface area (Å²) < 4.78 is 21.5. The van der Waals surface area contributed by atoms with Crippen molar-refractivity contribution in [1.82, 2.24) is 0 Å². The van der Waals surface area contributed by atoms with Crippen LogP contribution in [-0.4, -0.2) is 41.3 Å². The Kier molecular flexibility index (Phi) is 4.65. The molecule has 68 valence electrons. The second kappa shape index (κ2) is 4.47. The number of aliphatic hydroxyl groups excluding tert-OH is 2. The Bertz CT molecular complexity index is 182. The molecule has 0 saturated carbocycles. The first-order chi connectivity index (χ1) is 4.83. The highest BCUT2D eigenvalue weighted by Gasteiger charge is 2.18. The monoisotopic (exact) mass is 222 g/mol. The summed E-state index contributed by atoms with van der Waals surface area (Å²) in [6, 6.07) is 0. The Labute approximate surface area is 74.7 Å². The van der Waals surface area contributed by atoms with Crippen LogP contribution in [0.2, 0.25) is 0 Å². The van der Waals surface area contributed by atoms with Gasteiger partial charge in [0.1, 0.15) is 11.1 Å². The van der Waals surface area contributed by atoms with E-state index in [2.05, 4.69) is 0 Å². The van der Waals surface area contributed by atoms with E-state index in [1.807, 2.05) is 0 Å². The number of hydrogen-bond acceptors (Lipinski definition) is 4. The molecule has 0 aliphatic carbocycles. The van der Waals surface area contributed by atoms with E-state index in [-0.39, 0.29) is 0 Å². The van der Waals surface area contributed by atoms with Gasteiger partial charge in [-0.15, -0.1) is 0 Å².